The van der Waals surface area contributed by atoms with Crippen LogP contribution in [0.3, 0.4) is 0 Å². The number of hydrogen-bond donors (Lipinski definition) is 2. The van der Waals surface area contributed by atoms with Crippen molar-refractivity contribution in [2.45, 2.75) is 76.2 Å². The van der Waals surface area contributed by atoms with Crippen molar-refractivity contribution < 1.29 is 41.8 Å². The largest absolute Gasteiger partial charge is 0.586 e. The number of carbonyl (C=O) groups excluding carboxylic acids is 1. The first kappa shape index (κ1) is 22.0. The molecule has 9 heteroatoms. The number of aliphatic hydroxyl groups is 2. The fraction of sp³-hybridized carbons (Fsp3) is 0.464. The van der Waals surface area contributed by atoms with Gasteiger partial charge in [-0.2, -0.15) is 0 Å². The molecule has 1 fully saturated rings. The van der Waals surface area contributed by atoms with Gasteiger partial charge < -0.3 is 24.3 Å². The summed E-state index contributed by atoms with van der Waals surface area (Å²) in [5.41, 5.74) is -1.30. The summed E-state index contributed by atoms with van der Waals surface area (Å²) in [5, 5.41) is 19.6. The Morgan fingerprint density at radius 3 is 2.57 bits per heavy atom. The predicted octanol–water partition coefficient (Wildman–Crippen LogP) is 4.99. The van der Waals surface area contributed by atoms with Crippen molar-refractivity contribution in [1.29, 1.82) is 0 Å². The molecule has 1 saturated carbocycles. The van der Waals surface area contributed by atoms with Crippen molar-refractivity contribution in [3.8, 4) is 11.5 Å². The van der Waals surface area contributed by atoms with E-state index in [1.54, 1.807) is 0 Å². The molecule has 0 amide bonds. The van der Waals surface area contributed by atoms with Gasteiger partial charge in [-0.25, -0.2) is 4.39 Å². The van der Waals surface area contributed by atoms with Crippen molar-refractivity contribution in [1.82, 2.24) is 4.57 Å². The second kappa shape index (κ2) is 8.77. The topological polar surface area (TPSA) is 80.9 Å². The van der Waals surface area contributed by atoms with Gasteiger partial charge in [-0.15, -0.1) is 8.78 Å². The lowest BCUT2D eigenvalue weighted by Crippen LogP contribution is -2.26. The highest BCUT2D eigenvalue weighted by Gasteiger charge is 2.52. The van der Waals surface area contributed by atoms with E-state index in [1.807, 2.05) is 20.8 Å². The Morgan fingerprint density at radius 1 is 1.22 bits per heavy atom. The normalized spacial score (nSPS) is 19.4. The maximum Gasteiger partial charge on any atom is 0.586 e. The predicted molar refractivity (Wildman–Crippen MR) is 131 cm³/mol. The molecule has 1 atom stereocenters. The molecule has 0 radical (unpaired) electrons. The molecule has 3 aromatic rings. The lowest BCUT2D eigenvalue weighted by molar-refractivity contribution is -0.286. The summed E-state index contributed by atoms with van der Waals surface area (Å²) in [6.07, 6.45) is -4.25. The number of aromatic nitrogens is 1. The molecule has 2 aliphatic rings. The van der Waals surface area contributed by atoms with E-state index < -0.39 is 59.9 Å². The molecule has 0 bridgehead atoms. The van der Waals surface area contributed by atoms with Crippen LogP contribution in [0.15, 0.2) is 36.3 Å². The van der Waals surface area contributed by atoms with E-state index in [9.17, 15) is 23.8 Å². The number of halogens is 3. The highest BCUT2D eigenvalue weighted by molar-refractivity contribution is 5.95. The van der Waals surface area contributed by atoms with Gasteiger partial charge in [-0.05, 0) is 60.6 Å². The second-order valence-electron chi connectivity index (χ2n) is 10.4. The molecule has 198 valence electrons. The summed E-state index contributed by atoms with van der Waals surface area (Å²) in [7, 11) is 0. The van der Waals surface area contributed by atoms with E-state index in [0.29, 0.717) is 30.5 Å². The maximum atomic E-state index is 15.8. The molecule has 2 aromatic carbocycles. The molecule has 2 N–H and O–H groups in total. The van der Waals surface area contributed by atoms with Gasteiger partial charge in [-0.3, -0.25) is 4.79 Å². The molecule has 0 unspecified atom stereocenters. The van der Waals surface area contributed by atoms with Gasteiger partial charge in [0.15, 0.2) is 11.5 Å². The lowest BCUT2D eigenvalue weighted by atomic mass is 9.86. The third kappa shape index (κ3) is 4.48. The quantitative estimate of drug-likeness (QED) is 0.416. The summed E-state index contributed by atoms with van der Waals surface area (Å²) in [6, 6.07) is 2.98. The van der Waals surface area contributed by atoms with Crippen LogP contribution in [-0.4, -0.2) is 39.6 Å². The number of fused-ring (bicyclic) bond motifs is 2. The monoisotopic (exact) mass is 520 g/mol. The van der Waals surface area contributed by atoms with Crippen LogP contribution in [0.4, 0.5) is 13.2 Å². The van der Waals surface area contributed by atoms with Crippen LogP contribution < -0.4 is 9.47 Å². The summed E-state index contributed by atoms with van der Waals surface area (Å²) in [4.78, 5) is 13.6. The number of carbonyl (C=O) groups is 1. The van der Waals surface area contributed by atoms with Crippen LogP contribution in [-0.2, 0) is 28.6 Å². The van der Waals surface area contributed by atoms with Gasteiger partial charge in [-0.1, -0.05) is 26.8 Å². The number of ketones is 1. The van der Waals surface area contributed by atoms with E-state index in [-0.39, 0.29) is 40.6 Å². The van der Waals surface area contributed by atoms with Crippen molar-refractivity contribution in [2.75, 3.05) is 6.61 Å². The number of Topliss-reactive ketones (excluding diaryl/α,β-unsaturated/α-hetero) is 1. The molecule has 5 rings (SSSR count). The Bertz CT molecular complexity index is 1530. The highest BCUT2D eigenvalue weighted by Crippen LogP contribution is 2.52. The van der Waals surface area contributed by atoms with Crippen molar-refractivity contribution >= 4 is 16.7 Å². The van der Waals surface area contributed by atoms with Gasteiger partial charge in [0.2, 0.25) is 0 Å². The minimum absolute atomic E-state index is 0.00831. The Morgan fingerprint density at radius 2 is 1.92 bits per heavy atom. The van der Waals surface area contributed by atoms with Crippen LogP contribution in [0, 0.1) is 5.82 Å². The molecule has 0 saturated heterocycles. The zero-order chi connectivity index (χ0) is 29.4. The maximum absolute atomic E-state index is 15.8. The third-order valence-electron chi connectivity index (χ3n) is 7.49. The number of alkyl halides is 2. The SMILES string of the molecule is [2H]c1c(CC(=O)C2(c3ccc4c(c3)OC(F)(F)O4)CC2)c(F)c([2H])c2c1c([2H])c(C(C)(C)CC)n2C[C@@H](O)CO. The standard InChI is InChI=1S/C28H30F3NO5/c1-4-26(2,3)24-10-17-9-16(20(29)13-21(17)32(24)14-19(34)15-33)11-25(35)27(7-8-27)18-5-6-22-23(12-18)37-28(30,31)36-22/h5-6,9-10,12-13,19,33-34H,4,7-8,11,14-15H2,1-3H3/t19-/m1/s1/i9D,10D,13D. The van der Waals surface area contributed by atoms with Crippen molar-refractivity contribution in [2.24, 2.45) is 0 Å². The number of nitrogens with zero attached hydrogens (tertiary/aromatic N) is 1. The zero-order valence-corrected chi connectivity index (χ0v) is 20.8. The van der Waals surface area contributed by atoms with Gasteiger partial charge in [0.05, 0.1) is 34.3 Å². The van der Waals surface area contributed by atoms with Gasteiger partial charge in [0, 0.05) is 22.9 Å². The van der Waals surface area contributed by atoms with E-state index in [1.165, 1.54) is 22.8 Å². The molecule has 1 aliphatic carbocycles. The van der Waals surface area contributed by atoms with E-state index in [4.69, 9.17) is 4.11 Å². The molecule has 1 aliphatic heterocycles. The molecule has 6 nitrogen and oxygen atoms in total. The summed E-state index contributed by atoms with van der Waals surface area (Å²) >= 11 is 0. The van der Waals surface area contributed by atoms with Crippen LogP contribution in [0.25, 0.3) is 10.9 Å². The Hall–Kier alpha value is -3.04. The number of rotatable bonds is 9. The first-order chi connectivity index (χ1) is 18.7. The Labute approximate surface area is 216 Å². The van der Waals surface area contributed by atoms with Crippen molar-refractivity contribution in [3.05, 3.63) is 59.0 Å². The fourth-order valence-electron chi connectivity index (χ4n) is 4.80. The third-order valence-corrected chi connectivity index (χ3v) is 7.49. The van der Waals surface area contributed by atoms with Crippen LogP contribution in [0.5, 0.6) is 11.5 Å². The number of benzene rings is 2. The first-order valence-electron chi connectivity index (χ1n) is 13.7. The van der Waals surface area contributed by atoms with Gasteiger partial charge >= 0.3 is 6.29 Å². The average molecular weight is 521 g/mol. The molecule has 37 heavy (non-hydrogen) atoms. The Kier molecular flexibility index (Phi) is 5.21. The van der Waals surface area contributed by atoms with Crippen LogP contribution in [0.1, 0.15) is 61.0 Å². The second-order valence-corrected chi connectivity index (χ2v) is 10.4. The van der Waals surface area contributed by atoms with Gasteiger partial charge in [0.1, 0.15) is 11.6 Å². The summed E-state index contributed by atoms with van der Waals surface area (Å²) in [5.74, 6) is -1.89. The summed E-state index contributed by atoms with van der Waals surface area (Å²) < 4.78 is 79.5. The molecule has 2 heterocycles. The molecular weight excluding hydrogens is 487 g/mol. The number of hydrogen-bond acceptors (Lipinski definition) is 5. The average Bonchev–Trinajstić information content (AvgIpc) is 3.57. The zero-order valence-electron chi connectivity index (χ0n) is 23.8. The van der Waals surface area contributed by atoms with Crippen LogP contribution in [0.2, 0.25) is 0 Å². The van der Waals surface area contributed by atoms with Crippen molar-refractivity contribution in [3.63, 3.8) is 0 Å². The molecular formula is C28H30F3NO5. The van der Waals surface area contributed by atoms with Crippen LogP contribution >= 0.6 is 0 Å². The van der Waals surface area contributed by atoms with E-state index in [0.717, 1.165) is 0 Å². The summed E-state index contributed by atoms with van der Waals surface area (Å²) in [6.45, 7) is 4.80. The molecule has 1 aromatic heterocycles. The fourth-order valence-corrected chi connectivity index (χ4v) is 4.80. The first-order valence-corrected chi connectivity index (χ1v) is 12.2. The van der Waals surface area contributed by atoms with E-state index >= 15 is 4.39 Å². The number of aliphatic hydroxyl groups excluding tert-OH is 2. The molecule has 0 spiro atoms. The minimum Gasteiger partial charge on any atom is -0.395 e. The lowest BCUT2D eigenvalue weighted by Gasteiger charge is -2.26. The van der Waals surface area contributed by atoms with E-state index in [2.05, 4.69) is 9.47 Å². The highest BCUT2D eigenvalue weighted by atomic mass is 19.3. The Balaban J connectivity index is 1.59. The number of ether oxygens (including phenoxy) is 2. The minimum atomic E-state index is -3.81. The smallest absolute Gasteiger partial charge is 0.395 e. The van der Waals surface area contributed by atoms with Gasteiger partial charge in [0.25, 0.3) is 0 Å².